The Morgan fingerprint density at radius 2 is 0.966 bits per heavy atom. The topological polar surface area (TPSA) is 3.24 Å². The first-order valence-corrected chi connectivity index (χ1v) is 24.7. The lowest BCUT2D eigenvalue weighted by molar-refractivity contribution is 0.672. The molecular weight excluding hydrogens is 768 g/mol. The number of fused-ring (bicyclic) bond motifs is 3. The Kier molecular flexibility index (Phi) is 11.2. The summed E-state index contributed by atoms with van der Waals surface area (Å²) in [5.41, 5.74) is 2.84. The lowest BCUT2D eigenvalue weighted by atomic mass is 9.87. The Hall–Kier alpha value is -5.41. The SMILES string of the molecule is C1=CCC=CC(P(C2=CC3C4=CC(P(c5ccccc5)c5ccccc5)=CCC4N(c4ccc(P(c5ccccc5)c5ccccc5)cc4)C3C=C2)c2ccccc2)=C1. The fourth-order valence-electron chi connectivity index (χ4n) is 9.08. The minimum Gasteiger partial charge on any atom is -0.357 e. The molecule has 4 atom stereocenters. The first-order valence-electron chi connectivity index (χ1n) is 20.7. The third-order valence-corrected chi connectivity index (χ3v) is 19.0. The second-order valence-corrected chi connectivity index (χ2v) is 21.9. The number of allylic oxidation sites excluding steroid dienone is 10. The molecule has 0 amide bonds. The quantitative estimate of drug-likeness (QED) is 0.125. The van der Waals surface area contributed by atoms with Crippen molar-refractivity contribution < 1.29 is 0 Å². The van der Waals surface area contributed by atoms with Gasteiger partial charge in [0.05, 0.1) is 12.1 Å². The van der Waals surface area contributed by atoms with Gasteiger partial charge < -0.3 is 4.90 Å². The standard InChI is InChI=1S/C55H46NP3/c1-2-9-21-45(20-8-1)58(46-26-14-5-15-27-46)50-36-38-54-52(40-50)53-41-51(59(47-28-16-6-17-29-47)48-30-18-7-19-31-48)37-39-55(53)56(54)42-32-34-49(35-33-42)57(43-22-10-3-11-23-43)44-24-12-4-13-25-44/h1,3-38,40-41,52,54-55H,2,39H2. The second kappa shape index (κ2) is 17.4. The normalized spacial score (nSPS) is 20.0. The van der Waals surface area contributed by atoms with E-state index in [0.29, 0.717) is 0 Å². The number of anilines is 1. The zero-order chi connectivity index (χ0) is 39.4. The molecule has 0 aromatic heterocycles. The van der Waals surface area contributed by atoms with Gasteiger partial charge in [0, 0.05) is 11.6 Å². The van der Waals surface area contributed by atoms with Gasteiger partial charge in [0.15, 0.2) is 0 Å². The average Bonchev–Trinajstić information content (AvgIpc) is 3.40. The Balaban J connectivity index is 1.08. The van der Waals surface area contributed by atoms with E-state index in [1.54, 1.807) is 5.57 Å². The van der Waals surface area contributed by atoms with Crippen molar-refractivity contribution >= 4 is 61.3 Å². The Bertz CT molecular complexity index is 2530. The van der Waals surface area contributed by atoms with Gasteiger partial charge in [0.25, 0.3) is 0 Å². The van der Waals surface area contributed by atoms with Crippen LogP contribution in [-0.2, 0) is 0 Å². The highest BCUT2D eigenvalue weighted by Crippen LogP contribution is 2.58. The number of benzene rings is 6. The van der Waals surface area contributed by atoms with E-state index in [1.807, 2.05) is 0 Å². The van der Waals surface area contributed by atoms with Gasteiger partial charge in [-0.15, -0.1) is 0 Å². The van der Waals surface area contributed by atoms with E-state index < -0.39 is 23.8 Å². The summed E-state index contributed by atoms with van der Waals surface area (Å²) in [4.78, 5) is 2.75. The van der Waals surface area contributed by atoms with Crippen molar-refractivity contribution in [2.45, 2.75) is 24.9 Å². The molecule has 1 heterocycles. The first-order chi connectivity index (χ1) is 29.3. The van der Waals surface area contributed by atoms with Crippen molar-refractivity contribution in [2.75, 3.05) is 4.90 Å². The second-order valence-electron chi connectivity index (χ2n) is 15.3. The van der Waals surface area contributed by atoms with E-state index in [-0.39, 0.29) is 18.0 Å². The number of hydrogen-bond donors (Lipinski definition) is 0. The molecule has 1 saturated heterocycles. The molecule has 6 aromatic carbocycles. The summed E-state index contributed by atoms with van der Waals surface area (Å²) in [6.07, 6.45) is 26.4. The predicted molar refractivity (Wildman–Crippen MR) is 260 cm³/mol. The molecule has 0 N–H and O–H groups in total. The van der Waals surface area contributed by atoms with Crippen LogP contribution in [0.4, 0.5) is 5.69 Å². The minimum absolute atomic E-state index is 0.226. The molecule has 4 aliphatic rings. The monoisotopic (exact) mass is 813 g/mol. The summed E-state index contributed by atoms with van der Waals surface area (Å²) in [5.74, 6) is 0.261. The van der Waals surface area contributed by atoms with Gasteiger partial charge in [0.1, 0.15) is 0 Å². The molecule has 10 rings (SSSR count). The van der Waals surface area contributed by atoms with Gasteiger partial charge in [-0.25, -0.2) is 0 Å². The Labute approximate surface area is 353 Å². The van der Waals surface area contributed by atoms with E-state index in [2.05, 4.69) is 242 Å². The third-order valence-electron chi connectivity index (χ3n) is 11.7. The molecule has 4 heteroatoms. The van der Waals surface area contributed by atoms with Crippen molar-refractivity contribution in [3.05, 3.63) is 258 Å². The maximum atomic E-state index is 2.75. The molecule has 0 spiro atoms. The molecule has 1 nitrogen and oxygen atoms in total. The summed E-state index contributed by atoms with van der Waals surface area (Å²) >= 11 is 0. The Morgan fingerprint density at radius 3 is 1.53 bits per heavy atom. The van der Waals surface area contributed by atoms with Crippen molar-refractivity contribution in [3.8, 4) is 0 Å². The maximum absolute atomic E-state index is 2.75. The van der Waals surface area contributed by atoms with Crippen LogP contribution in [0.15, 0.2) is 258 Å². The van der Waals surface area contributed by atoms with Crippen LogP contribution in [0.5, 0.6) is 0 Å². The summed E-state index contributed by atoms with van der Waals surface area (Å²) < 4.78 is 0. The van der Waals surface area contributed by atoms with Crippen LogP contribution < -0.4 is 36.7 Å². The summed E-state index contributed by atoms with van der Waals surface area (Å²) in [5, 5.41) is 12.6. The largest absolute Gasteiger partial charge is 0.357 e. The summed E-state index contributed by atoms with van der Waals surface area (Å²) in [7, 11) is -2.12. The molecule has 0 saturated carbocycles. The van der Waals surface area contributed by atoms with Gasteiger partial charge in [0.2, 0.25) is 0 Å². The van der Waals surface area contributed by atoms with Crippen LogP contribution >= 0.6 is 23.8 Å². The highest BCUT2D eigenvalue weighted by atomic mass is 31.1. The van der Waals surface area contributed by atoms with Crippen molar-refractivity contribution in [1.29, 1.82) is 0 Å². The fraction of sp³-hybridized carbons (Fsp3) is 0.0909. The zero-order valence-corrected chi connectivity index (χ0v) is 35.6. The van der Waals surface area contributed by atoms with Crippen LogP contribution in [0, 0.1) is 5.92 Å². The van der Waals surface area contributed by atoms with E-state index in [9.17, 15) is 0 Å². The molecule has 59 heavy (non-hydrogen) atoms. The molecule has 4 unspecified atom stereocenters. The smallest absolute Gasteiger partial charge is 0.0584 e. The van der Waals surface area contributed by atoms with E-state index in [0.717, 1.165) is 12.8 Å². The zero-order valence-electron chi connectivity index (χ0n) is 33.0. The number of rotatable bonds is 10. The lowest BCUT2D eigenvalue weighted by Gasteiger charge is -2.34. The molecule has 1 aliphatic heterocycles. The van der Waals surface area contributed by atoms with Crippen LogP contribution in [0.3, 0.4) is 0 Å². The highest BCUT2D eigenvalue weighted by Gasteiger charge is 2.46. The first kappa shape index (κ1) is 37.8. The van der Waals surface area contributed by atoms with Crippen molar-refractivity contribution in [2.24, 2.45) is 5.92 Å². The summed E-state index contributed by atoms with van der Waals surface area (Å²) in [6.45, 7) is 0. The van der Waals surface area contributed by atoms with Crippen LogP contribution in [0.25, 0.3) is 0 Å². The van der Waals surface area contributed by atoms with E-state index in [1.165, 1.54) is 53.5 Å². The van der Waals surface area contributed by atoms with Crippen molar-refractivity contribution in [3.63, 3.8) is 0 Å². The number of hydrogen-bond acceptors (Lipinski definition) is 1. The van der Waals surface area contributed by atoms with Crippen LogP contribution in [-0.4, -0.2) is 12.1 Å². The van der Waals surface area contributed by atoms with Gasteiger partial charge in [-0.1, -0.05) is 225 Å². The maximum Gasteiger partial charge on any atom is 0.0584 e. The van der Waals surface area contributed by atoms with Crippen molar-refractivity contribution in [1.82, 2.24) is 0 Å². The predicted octanol–water partition coefficient (Wildman–Crippen LogP) is 11.6. The van der Waals surface area contributed by atoms with Gasteiger partial charge in [-0.2, -0.15) is 0 Å². The molecule has 6 aromatic rings. The number of nitrogens with zero attached hydrogens (tertiary/aromatic N) is 1. The third kappa shape index (κ3) is 7.77. The van der Waals surface area contributed by atoms with Crippen LogP contribution in [0.2, 0.25) is 0 Å². The molecular formula is C55H46NP3. The summed E-state index contributed by atoms with van der Waals surface area (Å²) in [6, 6.07) is 65.8. The van der Waals surface area contributed by atoms with Crippen LogP contribution in [0.1, 0.15) is 12.8 Å². The van der Waals surface area contributed by atoms with Gasteiger partial charge >= 0.3 is 0 Å². The lowest BCUT2D eigenvalue weighted by Crippen LogP contribution is -2.37. The highest BCUT2D eigenvalue weighted by molar-refractivity contribution is 7.79. The van der Waals surface area contributed by atoms with E-state index >= 15 is 0 Å². The molecule has 0 bridgehead atoms. The molecule has 1 fully saturated rings. The molecule has 3 aliphatic carbocycles. The van der Waals surface area contributed by atoms with Gasteiger partial charge in [-0.3, -0.25) is 0 Å². The fourth-order valence-corrected chi connectivity index (χ4v) is 16.2. The van der Waals surface area contributed by atoms with E-state index in [4.69, 9.17) is 0 Å². The molecule has 0 radical (unpaired) electrons. The minimum atomic E-state index is -0.735. The molecule has 286 valence electrons. The Morgan fingerprint density at radius 1 is 0.458 bits per heavy atom. The average molecular weight is 814 g/mol. The van der Waals surface area contributed by atoms with Gasteiger partial charge in [-0.05, 0) is 102 Å².